The predicted octanol–water partition coefficient (Wildman–Crippen LogP) is 4.62. The monoisotopic (exact) mass is 547 g/mol. The van der Waals surface area contributed by atoms with E-state index in [0.717, 1.165) is 19.9 Å². The lowest BCUT2D eigenvalue weighted by atomic mass is 10.1. The Morgan fingerprint density at radius 3 is 2.55 bits per heavy atom. The fourth-order valence-electron chi connectivity index (χ4n) is 3.95. The van der Waals surface area contributed by atoms with Gasteiger partial charge < -0.3 is 10.3 Å². The van der Waals surface area contributed by atoms with Gasteiger partial charge in [-0.1, -0.05) is 54.6 Å². The molecule has 1 heterocycles. The second-order valence-corrected chi connectivity index (χ2v) is 8.80. The fraction of sp³-hybridized carbons (Fsp3) is 0.0385. The Morgan fingerprint density at radius 1 is 0.909 bits per heavy atom. The summed E-state index contributed by atoms with van der Waals surface area (Å²) in [5.74, 6) is -0.162. The van der Waals surface area contributed by atoms with E-state index in [1.807, 2.05) is 60.7 Å². The minimum atomic E-state index is -0.702. The molecule has 1 aromatic heterocycles. The number of amides is 1. The zero-order chi connectivity index (χ0) is 22.9. The first kappa shape index (κ1) is 21.1. The van der Waals surface area contributed by atoms with Crippen molar-refractivity contribution in [1.29, 1.82) is 0 Å². The van der Waals surface area contributed by atoms with Crippen molar-refractivity contribution in [2.45, 2.75) is 6.42 Å². The zero-order valence-electron chi connectivity index (χ0n) is 17.3. The van der Waals surface area contributed by atoms with Crippen LogP contribution in [-0.4, -0.2) is 15.5 Å². The topological polar surface area (TPSA) is 84.0 Å². The molecule has 33 heavy (non-hydrogen) atoms. The molecule has 162 valence electrons. The number of aromatic amines is 1. The van der Waals surface area contributed by atoms with Crippen LogP contribution < -0.4 is 16.4 Å². The van der Waals surface area contributed by atoms with Gasteiger partial charge in [0.25, 0.3) is 0 Å². The number of hydrogen-bond donors (Lipinski definition) is 2. The summed E-state index contributed by atoms with van der Waals surface area (Å²) in [5, 5.41) is 4.71. The summed E-state index contributed by atoms with van der Waals surface area (Å²) < 4.78 is 2.41. The molecule has 0 fully saturated rings. The minimum absolute atomic E-state index is 0.162. The largest absolute Gasteiger partial charge is 0.326 e. The maximum atomic E-state index is 12.9. The fourth-order valence-corrected chi connectivity index (χ4v) is 4.53. The minimum Gasteiger partial charge on any atom is -0.326 e. The van der Waals surface area contributed by atoms with E-state index in [9.17, 15) is 14.4 Å². The van der Waals surface area contributed by atoms with Gasteiger partial charge in [0.1, 0.15) is 0 Å². The van der Waals surface area contributed by atoms with Gasteiger partial charge in [-0.05, 0) is 63.9 Å². The van der Waals surface area contributed by atoms with Crippen molar-refractivity contribution in [2.24, 2.45) is 0 Å². The van der Waals surface area contributed by atoms with Crippen LogP contribution in [0.5, 0.6) is 0 Å². The molecule has 0 bridgehead atoms. The van der Waals surface area contributed by atoms with E-state index in [0.29, 0.717) is 22.4 Å². The van der Waals surface area contributed by atoms with Gasteiger partial charge in [-0.3, -0.25) is 19.0 Å². The van der Waals surface area contributed by atoms with Crippen LogP contribution in [0.4, 0.5) is 5.69 Å². The second kappa shape index (κ2) is 8.67. The molecule has 5 aromatic rings. The first-order valence-corrected chi connectivity index (χ1v) is 11.4. The molecule has 0 saturated heterocycles. The van der Waals surface area contributed by atoms with Crippen LogP contribution in [0.15, 0.2) is 94.5 Å². The van der Waals surface area contributed by atoms with Crippen LogP contribution in [-0.2, 0) is 11.2 Å². The summed E-state index contributed by atoms with van der Waals surface area (Å²) in [6.07, 6.45) is 0.239. The number of fused-ring (bicyclic) bond motifs is 3. The summed E-state index contributed by atoms with van der Waals surface area (Å²) in [7, 11) is 0. The van der Waals surface area contributed by atoms with Gasteiger partial charge in [-0.25, -0.2) is 0 Å². The van der Waals surface area contributed by atoms with Crippen LogP contribution in [0.3, 0.4) is 0 Å². The lowest BCUT2D eigenvalue weighted by Gasteiger charge is -2.13. The Hall–Kier alpha value is -3.72. The number of anilines is 1. The van der Waals surface area contributed by atoms with E-state index < -0.39 is 11.1 Å². The van der Waals surface area contributed by atoms with Crippen molar-refractivity contribution >= 4 is 56.0 Å². The quantitative estimate of drug-likeness (QED) is 0.196. The second-order valence-electron chi connectivity index (χ2n) is 7.64. The molecule has 2 N–H and O–H groups in total. The maximum absolute atomic E-state index is 12.9. The standard InChI is InChI=1S/C26H18IN3O3/c27-21-11-4-2-7-17(21)14-23(31)28-18-8-5-9-19(15-18)30-22-13-12-16-6-1-3-10-20(16)24(22)29-25(32)26(30)33/h1-13,15H,14H2,(H,28,31)(H,29,32). The predicted molar refractivity (Wildman–Crippen MR) is 139 cm³/mol. The lowest BCUT2D eigenvalue weighted by molar-refractivity contribution is -0.115. The Morgan fingerprint density at radius 2 is 1.70 bits per heavy atom. The maximum Gasteiger partial charge on any atom is 0.321 e. The molecule has 0 aliphatic carbocycles. The van der Waals surface area contributed by atoms with Crippen LogP contribution >= 0.6 is 22.6 Å². The molecule has 0 atom stereocenters. The van der Waals surface area contributed by atoms with Gasteiger partial charge in [0.15, 0.2) is 0 Å². The Kier molecular flexibility index (Phi) is 5.55. The molecule has 5 rings (SSSR count). The van der Waals surface area contributed by atoms with Gasteiger partial charge in [-0.15, -0.1) is 0 Å². The molecular weight excluding hydrogens is 529 g/mol. The van der Waals surface area contributed by atoms with E-state index in [1.54, 1.807) is 24.3 Å². The Balaban J connectivity index is 1.57. The first-order chi connectivity index (χ1) is 16.0. The highest BCUT2D eigenvalue weighted by Crippen LogP contribution is 2.24. The molecule has 4 aromatic carbocycles. The third kappa shape index (κ3) is 4.07. The van der Waals surface area contributed by atoms with Gasteiger partial charge in [-0.2, -0.15) is 0 Å². The molecule has 6 nitrogen and oxygen atoms in total. The third-order valence-electron chi connectivity index (χ3n) is 5.48. The van der Waals surface area contributed by atoms with Gasteiger partial charge >= 0.3 is 11.1 Å². The highest BCUT2D eigenvalue weighted by molar-refractivity contribution is 14.1. The highest BCUT2D eigenvalue weighted by Gasteiger charge is 2.13. The summed E-state index contributed by atoms with van der Waals surface area (Å²) in [6.45, 7) is 0. The number of hydrogen-bond acceptors (Lipinski definition) is 3. The lowest BCUT2D eigenvalue weighted by Crippen LogP contribution is -2.35. The van der Waals surface area contributed by atoms with Crippen molar-refractivity contribution in [1.82, 2.24) is 9.55 Å². The highest BCUT2D eigenvalue weighted by atomic mass is 127. The van der Waals surface area contributed by atoms with Crippen molar-refractivity contribution < 1.29 is 4.79 Å². The number of nitrogens with zero attached hydrogens (tertiary/aromatic N) is 1. The molecule has 0 aliphatic rings. The Bertz CT molecular complexity index is 1650. The third-order valence-corrected chi connectivity index (χ3v) is 6.53. The summed E-state index contributed by atoms with van der Waals surface area (Å²) >= 11 is 2.21. The van der Waals surface area contributed by atoms with E-state index in [4.69, 9.17) is 0 Å². The van der Waals surface area contributed by atoms with Crippen molar-refractivity contribution in [2.75, 3.05) is 5.32 Å². The van der Waals surface area contributed by atoms with Crippen LogP contribution in [0.1, 0.15) is 5.56 Å². The number of nitrogens with one attached hydrogen (secondary N) is 2. The number of H-pyrrole nitrogens is 1. The molecule has 0 spiro atoms. The zero-order valence-corrected chi connectivity index (χ0v) is 19.5. The molecule has 1 amide bonds. The van der Waals surface area contributed by atoms with Crippen molar-refractivity contribution in [3.63, 3.8) is 0 Å². The van der Waals surface area contributed by atoms with Crippen LogP contribution in [0.2, 0.25) is 0 Å². The van der Waals surface area contributed by atoms with Crippen LogP contribution in [0.25, 0.3) is 27.5 Å². The number of halogens is 1. The van der Waals surface area contributed by atoms with Crippen molar-refractivity contribution in [3.05, 3.63) is 115 Å². The first-order valence-electron chi connectivity index (χ1n) is 10.3. The average molecular weight is 547 g/mol. The van der Waals surface area contributed by atoms with Crippen molar-refractivity contribution in [3.8, 4) is 5.69 Å². The van der Waals surface area contributed by atoms with E-state index in [1.165, 1.54) is 4.57 Å². The Labute approximate surface area is 202 Å². The number of carbonyl (C=O) groups excluding carboxylic acids is 1. The van der Waals surface area contributed by atoms with Gasteiger partial charge in [0, 0.05) is 14.6 Å². The number of benzene rings is 4. The normalized spacial score (nSPS) is 11.1. The average Bonchev–Trinajstić information content (AvgIpc) is 2.81. The van der Waals surface area contributed by atoms with Crippen LogP contribution in [0, 0.1) is 3.57 Å². The van der Waals surface area contributed by atoms with E-state index >= 15 is 0 Å². The molecular formula is C26H18IN3O3. The van der Waals surface area contributed by atoms with E-state index in [-0.39, 0.29) is 12.3 Å². The number of rotatable bonds is 4. The molecule has 7 heteroatoms. The van der Waals surface area contributed by atoms with Gasteiger partial charge in [0.2, 0.25) is 5.91 Å². The molecule has 0 aliphatic heterocycles. The summed E-state index contributed by atoms with van der Waals surface area (Å²) in [6, 6.07) is 26.1. The molecule has 0 unspecified atom stereocenters. The van der Waals surface area contributed by atoms with E-state index in [2.05, 4.69) is 32.9 Å². The molecule has 0 radical (unpaired) electrons. The summed E-state index contributed by atoms with van der Waals surface area (Å²) in [5.41, 5.74) is 1.77. The smallest absolute Gasteiger partial charge is 0.321 e. The molecule has 0 saturated carbocycles. The number of aromatic nitrogens is 2. The number of carbonyl (C=O) groups is 1. The SMILES string of the molecule is O=C(Cc1ccccc1I)Nc1cccc(-n2c(=O)c(=O)[nH]c3c4ccccc4ccc32)c1. The van der Waals surface area contributed by atoms with Gasteiger partial charge in [0.05, 0.1) is 23.1 Å². The summed E-state index contributed by atoms with van der Waals surface area (Å²) in [4.78, 5) is 40.7.